The normalized spacial score (nSPS) is 9.50. The summed E-state index contributed by atoms with van der Waals surface area (Å²) in [5.74, 6) is 5.02. The molecule has 1 rings (SSSR count). The number of nitrogens with two attached hydrogens (primary N) is 1. The summed E-state index contributed by atoms with van der Waals surface area (Å²) in [7, 11) is 0. The molecular formula is C7H8Cl2F2N2O. The summed E-state index contributed by atoms with van der Waals surface area (Å²) in [6.45, 7) is -2.88. The minimum atomic E-state index is -2.88. The highest BCUT2D eigenvalue weighted by molar-refractivity contribution is 6.30. The average molecular weight is 245 g/mol. The van der Waals surface area contributed by atoms with Crippen LogP contribution in [0.3, 0.4) is 0 Å². The third-order valence-corrected chi connectivity index (χ3v) is 1.55. The molecule has 0 aromatic heterocycles. The first-order valence-corrected chi connectivity index (χ1v) is 3.72. The lowest BCUT2D eigenvalue weighted by atomic mass is 10.3. The predicted octanol–water partition coefficient (Wildman–Crippen LogP) is 2.65. The van der Waals surface area contributed by atoms with E-state index in [2.05, 4.69) is 10.2 Å². The van der Waals surface area contributed by atoms with Crippen molar-refractivity contribution in [2.45, 2.75) is 6.61 Å². The van der Waals surface area contributed by atoms with Crippen LogP contribution in [0.2, 0.25) is 5.02 Å². The molecule has 0 aliphatic carbocycles. The van der Waals surface area contributed by atoms with Crippen LogP contribution in [0.25, 0.3) is 0 Å². The highest BCUT2D eigenvalue weighted by atomic mass is 35.5. The van der Waals surface area contributed by atoms with Crippen molar-refractivity contribution in [2.75, 3.05) is 5.43 Å². The Bertz CT molecular complexity index is 299. The van der Waals surface area contributed by atoms with Gasteiger partial charge >= 0.3 is 6.61 Å². The third kappa shape index (κ3) is 3.53. The van der Waals surface area contributed by atoms with Gasteiger partial charge in [0.15, 0.2) is 5.75 Å². The molecule has 0 aliphatic rings. The topological polar surface area (TPSA) is 47.3 Å². The maximum absolute atomic E-state index is 11.8. The van der Waals surface area contributed by atoms with E-state index in [9.17, 15) is 8.78 Å². The van der Waals surface area contributed by atoms with Gasteiger partial charge in [0.05, 0.1) is 5.69 Å². The van der Waals surface area contributed by atoms with Gasteiger partial charge in [-0.05, 0) is 18.2 Å². The summed E-state index contributed by atoms with van der Waals surface area (Å²) in [5.41, 5.74) is 2.41. The lowest BCUT2D eigenvalue weighted by Gasteiger charge is -2.09. The second kappa shape index (κ2) is 5.85. The summed E-state index contributed by atoms with van der Waals surface area (Å²) < 4.78 is 27.8. The fourth-order valence-electron chi connectivity index (χ4n) is 0.814. The van der Waals surface area contributed by atoms with E-state index in [4.69, 9.17) is 17.4 Å². The van der Waals surface area contributed by atoms with Gasteiger partial charge in [-0.1, -0.05) is 11.6 Å². The van der Waals surface area contributed by atoms with Crippen molar-refractivity contribution in [1.82, 2.24) is 0 Å². The second-order valence-corrected chi connectivity index (χ2v) is 2.60. The Kier molecular flexibility index (Phi) is 5.52. The second-order valence-electron chi connectivity index (χ2n) is 2.16. The number of nitrogen functional groups attached to an aromatic ring is 1. The van der Waals surface area contributed by atoms with Gasteiger partial charge in [-0.15, -0.1) is 12.4 Å². The van der Waals surface area contributed by atoms with Gasteiger partial charge in [0, 0.05) is 5.02 Å². The van der Waals surface area contributed by atoms with E-state index in [1.54, 1.807) is 0 Å². The van der Waals surface area contributed by atoms with Crippen LogP contribution in [0.15, 0.2) is 18.2 Å². The zero-order valence-electron chi connectivity index (χ0n) is 6.84. The fraction of sp³-hybridized carbons (Fsp3) is 0.143. The number of hydrogen-bond donors (Lipinski definition) is 2. The molecule has 0 saturated heterocycles. The Morgan fingerprint density at radius 1 is 1.43 bits per heavy atom. The van der Waals surface area contributed by atoms with Crippen molar-refractivity contribution in [2.24, 2.45) is 5.84 Å². The monoisotopic (exact) mass is 244 g/mol. The van der Waals surface area contributed by atoms with E-state index in [1.165, 1.54) is 18.2 Å². The van der Waals surface area contributed by atoms with Crippen molar-refractivity contribution in [1.29, 1.82) is 0 Å². The summed E-state index contributed by atoms with van der Waals surface area (Å²) in [5, 5.41) is 0.384. The smallest absolute Gasteiger partial charge is 0.387 e. The molecule has 0 radical (unpaired) electrons. The minimum absolute atomic E-state index is 0. The molecule has 0 fully saturated rings. The highest BCUT2D eigenvalue weighted by Gasteiger charge is 2.08. The number of benzene rings is 1. The standard InChI is InChI=1S/C7H7ClF2N2O.ClH/c8-4-1-2-6(13-7(9)10)5(3-4)12-11;/h1-3,7,12H,11H2;1H. The lowest BCUT2D eigenvalue weighted by molar-refractivity contribution is -0.0493. The van der Waals surface area contributed by atoms with Crippen LogP contribution < -0.4 is 16.0 Å². The zero-order valence-corrected chi connectivity index (χ0v) is 8.41. The van der Waals surface area contributed by atoms with E-state index < -0.39 is 6.61 Å². The van der Waals surface area contributed by atoms with Crippen LogP contribution in [0.4, 0.5) is 14.5 Å². The number of hydrogen-bond acceptors (Lipinski definition) is 3. The van der Waals surface area contributed by atoms with Gasteiger partial charge in [0.1, 0.15) is 0 Å². The summed E-state index contributed by atoms with van der Waals surface area (Å²) in [6, 6.07) is 4.13. The molecule has 0 aliphatic heterocycles. The molecule has 3 N–H and O–H groups in total. The molecule has 0 atom stereocenters. The molecule has 3 nitrogen and oxygen atoms in total. The molecule has 80 valence electrons. The summed E-state index contributed by atoms with van der Waals surface area (Å²) in [4.78, 5) is 0. The molecule has 0 amide bonds. The maximum Gasteiger partial charge on any atom is 0.387 e. The largest absolute Gasteiger partial charge is 0.433 e. The van der Waals surface area contributed by atoms with Crippen LogP contribution in [-0.4, -0.2) is 6.61 Å². The van der Waals surface area contributed by atoms with Crippen molar-refractivity contribution >= 4 is 29.7 Å². The zero-order chi connectivity index (χ0) is 9.84. The number of alkyl halides is 2. The summed E-state index contributed by atoms with van der Waals surface area (Å²) in [6.07, 6.45) is 0. The van der Waals surface area contributed by atoms with Crippen molar-refractivity contribution < 1.29 is 13.5 Å². The molecule has 14 heavy (non-hydrogen) atoms. The van der Waals surface area contributed by atoms with Gasteiger partial charge in [-0.25, -0.2) is 0 Å². The Morgan fingerprint density at radius 3 is 2.57 bits per heavy atom. The number of hydrazine groups is 1. The third-order valence-electron chi connectivity index (χ3n) is 1.31. The first-order chi connectivity index (χ1) is 6.13. The van der Waals surface area contributed by atoms with Crippen molar-refractivity contribution in [3.63, 3.8) is 0 Å². The van der Waals surface area contributed by atoms with E-state index in [0.29, 0.717) is 5.02 Å². The van der Waals surface area contributed by atoms with Gasteiger partial charge in [0.25, 0.3) is 0 Å². The number of ether oxygens (including phenoxy) is 1. The molecule has 0 spiro atoms. The molecular weight excluding hydrogens is 237 g/mol. The Hall–Kier alpha value is -0.780. The van der Waals surface area contributed by atoms with Gasteiger partial charge in [0.2, 0.25) is 0 Å². The van der Waals surface area contributed by atoms with Gasteiger partial charge in [-0.2, -0.15) is 8.78 Å². The average Bonchev–Trinajstić information content (AvgIpc) is 2.07. The van der Waals surface area contributed by atoms with E-state index in [-0.39, 0.29) is 23.8 Å². The van der Waals surface area contributed by atoms with Crippen molar-refractivity contribution in [3.8, 4) is 5.75 Å². The Labute approximate surface area is 90.6 Å². The van der Waals surface area contributed by atoms with E-state index in [0.717, 1.165) is 0 Å². The van der Waals surface area contributed by atoms with Crippen LogP contribution in [0.1, 0.15) is 0 Å². The maximum atomic E-state index is 11.8. The van der Waals surface area contributed by atoms with Crippen LogP contribution in [0, 0.1) is 0 Å². The van der Waals surface area contributed by atoms with Gasteiger partial charge in [-0.3, -0.25) is 5.84 Å². The molecule has 1 aromatic carbocycles. The number of nitrogens with one attached hydrogen (secondary N) is 1. The molecule has 0 unspecified atom stereocenters. The number of anilines is 1. The van der Waals surface area contributed by atoms with E-state index >= 15 is 0 Å². The fourth-order valence-corrected chi connectivity index (χ4v) is 0.986. The first kappa shape index (κ1) is 13.2. The number of halogens is 4. The Morgan fingerprint density at radius 2 is 2.07 bits per heavy atom. The SMILES string of the molecule is Cl.NNc1cc(Cl)ccc1OC(F)F. The quantitative estimate of drug-likeness (QED) is 0.635. The molecule has 1 aromatic rings. The first-order valence-electron chi connectivity index (χ1n) is 3.34. The van der Waals surface area contributed by atoms with Crippen LogP contribution >= 0.6 is 24.0 Å². The van der Waals surface area contributed by atoms with Crippen LogP contribution in [-0.2, 0) is 0 Å². The van der Waals surface area contributed by atoms with Gasteiger partial charge < -0.3 is 10.2 Å². The van der Waals surface area contributed by atoms with Crippen LogP contribution in [0.5, 0.6) is 5.75 Å². The highest BCUT2D eigenvalue weighted by Crippen LogP contribution is 2.28. The summed E-state index contributed by atoms with van der Waals surface area (Å²) >= 11 is 5.59. The molecule has 0 saturated carbocycles. The minimum Gasteiger partial charge on any atom is -0.433 e. The van der Waals surface area contributed by atoms with Crippen molar-refractivity contribution in [3.05, 3.63) is 23.2 Å². The predicted molar refractivity (Wildman–Crippen MR) is 53.1 cm³/mol. The molecule has 0 bridgehead atoms. The molecule has 7 heteroatoms. The molecule has 0 heterocycles. The lowest BCUT2D eigenvalue weighted by Crippen LogP contribution is -2.10. The van der Waals surface area contributed by atoms with E-state index in [1.807, 2.05) is 0 Å². The Balaban J connectivity index is 0.00000169. The number of rotatable bonds is 3.